The van der Waals surface area contributed by atoms with Gasteiger partial charge < -0.3 is 5.32 Å². The van der Waals surface area contributed by atoms with Crippen LogP contribution in [0.3, 0.4) is 0 Å². The number of hydrogen-bond acceptors (Lipinski definition) is 5. The molecular formula is C21H19N5O3. The maximum Gasteiger partial charge on any atom is 0.344 e. The van der Waals surface area contributed by atoms with Gasteiger partial charge in [-0.1, -0.05) is 30.3 Å². The normalized spacial score (nSPS) is 18.8. The van der Waals surface area contributed by atoms with Gasteiger partial charge in [-0.2, -0.15) is 5.01 Å². The molecule has 29 heavy (non-hydrogen) atoms. The van der Waals surface area contributed by atoms with Gasteiger partial charge in [-0.15, -0.1) is 0 Å². The van der Waals surface area contributed by atoms with Gasteiger partial charge >= 0.3 is 6.03 Å². The van der Waals surface area contributed by atoms with E-state index < -0.39 is 23.4 Å². The van der Waals surface area contributed by atoms with Crippen LogP contribution in [0.15, 0.2) is 48.5 Å². The largest absolute Gasteiger partial charge is 0.344 e. The van der Waals surface area contributed by atoms with E-state index >= 15 is 0 Å². The van der Waals surface area contributed by atoms with Crippen molar-refractivity contribution in [2.45, 2.75) is 26.3 Å². The van der Waals surface area contributed by atoms with Gasteiger partial charge in [-0.05, 0) is 44.5 Å². The molecule has 2 aromatic carbocycles. The van der Waals surface area contributed by atoms with E-state index in [0.29, 0.717) is 21.6 Å². The van der Waals surface area contributed by atoms with Gasteiger partial charge in [0.25, 0.3) is 11.8 Å². The maximum absolute atomic E-state index is 12.9. The van der Waals surface area contributed by atoms with Crippen LogP contribution >= 0.6 is 0 Å². The maximum atomic E-state index is 12.9. The molecule has 2 N–H and O–H groups in total. The number of carbonyl (C=O) groups excluding carboxylic acids is 3. The van der Waals surface area contributed by atoms with Gasteiger partial charge in [0.2, 0.25) is 0 Å². The van der Waals surface area contributed by atoms with Gasteiger partial charge in [-0.3, -0.25) is 15.0 Å². The average Bonchev–Trinajstić information content (AvgIpc) is 2.93. The van der Waals surface area contributed by atoms with Gasteiger partial charge in [0.15, 0.2) is 0 Å². The van der Waals surface area contributed by atoms with Gasteiger partial charge in [0, 0.05) is 5.56 Å². The van der Waals surface area contributed by atoms with Crippen molar-refractivity contribution in [3.05, 3.63) is 71.0 Å². The number of hydrogen-bond donors (Lipinski definition) is 2. The molecule has 1 aliphatic heterocycles. The summed E-state index contributed by atoms with van der Waals surface area (Å²) in [7, 11) is 0. The molecule has 8 heteroatoms. The number of aromatic nitrogens is 2. The lowest BCUT2D eigenvalue weighted by atomic mass is 9.92. The molecule has 3 aromatic rings. The molecule has 146 valence electrons. The van der Waals surface area contributed by atoms with E-state index in [2.05, 4.69) is 20.7 Å². The topological polar surface area (TPSA) is 104 Å². The Kier molecular flexibility index (Phi) is 4.26. The minimum Gasteiger partial charge on any atom is -0.318 e. The average molecular weight is 389 g/mol. The van der Waals surface area contributed by atoms with Crippen LogP contribution in [0, 0.1) is 13.8 Å². The van der Waals surface area contributed by atoms with E-state index in [-0.39, 0.29) is 5.56 Å². The lowest BCUT2D eigenvalue weighted by Gasteiger charge is -2.22. The Labute approximate surface area is 166 Å². The van der Waals surface area contributed by atoms with Gasteiger partial charge in [0.1, 0.15) is 5.54 Å². The second-order valence-electron chi connectivity index (χ2n) is 7.10. The van der Waals surface area contributed by atoms with Crippen molar-refractivity contribution in [1.29, 1.82) is 0 Å². The predicted octanol–water partition coefficient (Wildman–Crippen LogP) is 2.36. The Bertz CT molecular complexity index is 1160. The molecular weight excluding hydrogens is 370 g/mol. The van der Waals surface area contributed by atoms with Crippen molar-refractivity contribution < 1.29 is 14.4 Å². The van der Waals surface area contributed by atoms with Crippen LogP contribution in [0.5, 0.6) is 0 Å². The molecule has 0 spiro atoms. The molecule has 2 heterocycles. The van der Waals surface area contributed by atoms with Crippen molar-refractivity contribution in [2.75, 3.05) is 0 Å². The van der Waals surface area contributed by atoms with Crippen LogP contribution in [0.1, 0.15) is 34.2 Å². The highest BCUT2D eigenvalue weighted by atomic mass is 16.2. The molecule has 0 radical (unpaired) electrons. The smallest absolute Gasteiger partial charge is 0.318 e. The summed E-state index contributed by atoms with van der Waals surface area (Å²) in [6.07, 6.45) is 0. The number of urea groups is 1. The third-order valence-electron chi connectivity index (χ3n) is 5.09. The molecule has 1 fully saturated rings. The number of nitrogens with zero attached hydrogens (tertiary/aromatic N) is 3. The molecule has 0 aliphatic carbocycles. The summed E-state index contributed by atoms with van der Waals surface area (Å²) < 4.78 is 0. The van der Waals surface area contributed by atoms with Crippen LogP contribution in [0.25, 0.3) is 11.0 Å². The van der Waals surface area contributed by atoms with E-state index in [1.54, 1.807) is 49.4 Å². The zero-order valence-corrected chi connectivity index (χ0v) is 16.2. The number of nitrogens with one attached hydrogen (secondary N) is 2. The van der Waals surface area contributed by atoms with E-state index in [4.69, 9.17) is 0 Å². The first-order valence-corrected chi connectivity index (χ1v) is 9.08. The molecule has 1 saturated heterocycles. The molecule has 0 saturated carbocycles. The Morgan fingerprint density at radius 3 is 2.34 bits per heavy atom. The summed E-state index contributed by atoms with van der Waals surface area (Å²) in [5.41, 5.74) is 4.84. The third kappa shape index (κ3) is 3.08. The van der Waals surface area contributed by atoms with Crippen LogP contribution in [0.4, 0.5) is 4.79 Å². The Morgan fingerprint density at radius 1 is 1.00 bits per heavy atom. The molecule has 4 rings (SSSR count). The fraction of sp³-hybridized carbons (Fsp3) is 0.190. The Morgan fingerprint density at radius 2 is 1.66 bits per heavy atom. The fourth-order valence-electron chi connectivity index (χ4n) is 3.25. The van der Waals surface area contributed by atoms with Crippen molar-refractivity contribution in [2.24, 2.45) is 0 Å². The van der Waals surface area contributed by atoms with Crippen LogP contribution in [0.2, 0.25) is 0 Å². The molecule has 4 amide bonds. The van der Waals surface area contributed by atoms with Gasteiger partial charge in [-0.25, -0.2) is 14.8 Å². The lowest BCUT2D eigenvalue weighted by Crippen LogP contribution is -2.47. The van der Waals surface area contributed by atoms with E-state index in [9.17, 15) is 14.4 Å². The highest BCUT2D eigenvalue weighted by Gasteiger charge is 2.50. The standard InChI is InChI=1S/C21H19N5O3/c1-12-13(2)23-17-11-14(9-10-16(17)22-12)18(27)25-26-19(28)21(3,24-20(26)29)15-7-5-4-6-8-15/h4-11H,1-3H3,(H,24,29)(H,25,27)/t21-/m0/s1. The number of imide groups is 1. The first-order valence-electron chi connectivity index (χ1n) is 9.08. The van der Waals surface area contributed by atoms with Crippen molar-refractivity contribution in [3.63, 3.8) is 0 Å². The fourth-order valence-corrected chi connectivity index (χ4v) is 3.25. The van der Waals surface area contributed by atoms with E-state index in [0.717, 1.165) is 11.4 Å². The minimum atomic E-state index is -1.25. The number of benzene rings is 2. The molecule has 8 nitrogen and oxygen atoms in total. The molecule has 1 aromatic heterocycles. The SMILES string of the molecule is Cc1nc2ccc(C(=O)NN3C(=O)N[C@@](C)(c4ccccc4)C3=O)cc2nc1C. The molecule has 1 aliphatic rings. The molecule has 1 atom stereocenters. The van der Waals surface area contributed by atoms with Crippen LogP contribution < -0.4 is 10.7 Å². The van der Waals surface area contributed by atoms with E-state index in [1.165, 1.54) is 0 Å². The third-order valence-corrected chi connectivity index (χ3v) is 5.09. The Balaban J connectivity index is 1.60. The van der Waals surface area contributed by atoms with Crippen molar-refractivity contribution in [1.82, 2.24) is 25.7 Å². The quantitative estimate of drug-likeness (QED) is 0.669. The van der Waals surface area contributed by atoms with Crippen LogP contribution in [-0.2, 0) is 10.3 Å². The number of amides is 4. The predicted molar refractivity (Wildman–Crippen MR) is 106 cm³/mol. The number of carbonyl (C=O) groups is 3. The summed E-state index contributed by atoms with van der Waals surface area (Å²) in [6.45, 7) is 5.31. The van der Waals surface area contributed by atoms with E-state index in [1.807, 2.05) is 19.9 Å². The zero-order chi connectivity index (χ0) is 20.8. The summed E-state index contributed by atoms with van der Waals surface area (Å²) in [5, 5.41) is 3.36. The summed E-state index contributed by atoms with van der Waals surface area (Å²) in [6, 6.07) is 13.0. The highest BCUT2D eigenvalue weighted by Crippen LogP contribution is 2.27. The zero-order valence-electron chi connectivity index (χ0n) is 16.2. The monoisotopic (exact) mass is 389 g/mol. The lowest BCUT2D eigenvalue weighted by molar-refractivity contribution is -0.132. The highest BCUT2D eigenvalue weighted by molar-refractivity contribution is 6.09. The van der Waals surface area contributed by atoms with Crippen molar-refractivity contribution in [3.8, 4) is 0 Å². The summed E-state index contributed by atoms with van der Waals surface area (Å²) in [5.74, 6) is -1.15. The Hall–Kier alpha value is -3.81. The minimum absolute atomic E-state index is 0.268. The van der Waals surface area contributed by atoms with Gasteiger partial charge in [0.05, 0.1) is 22.4 Å². The summed E-state index contributed by atoms with van der Waals surface area (Å²) in [4.78, 5) is 46.9. The number of aryl methyl sites for hydroxylation is 2. The number of hydrazine groups is 1. The van der Waals surface area contributed by atoms with Crippen LogP contribution in [-0.4, -0.2) is 32.8 Å². The number of rotatable bonds is 3. The first kappa shape index (κ1) is 18.5. The van der Waals surface area contributed by atoms with Crippen molar-refractivity contribution >= 4 is 28.9 Å². The molecule has 0 unspecified atom stereocenters. The molecule has 0 bridgehead atoms. The summed E-state index contributed by atoms with van der Waals surface area (Å²) >= 11 is 0. The first-order chi connectivity index (χ1) is 13.8. The second kappa shape index (κ2) is 6.66. The second-order valence-corrected chi connectivity index (χ2v) is 7.10. The number of fused-ring (bicyclic) bond motifs is 1.